The van der Waals surface area contributed by atoms with Crippen LogP contribution in [-0.2, 0) is 11.3 Å². The van der Waals surface area contributed by atoms with Crippen LogP contribution in [0.5, 0.6) is 5.75 Å². The fraction of sp³-hybridized carbons (Fsp3) is 0.444. The molecule has 3 rings (SSSR count). The molecule has 0 spiro atoms. The predicted octanol–water partition coefficient (Wildman–Crippen LogP) is 3.28. The van der Waals surface area contributed by atoms with Gasteiger partial charge in [0.25, 0.3) is 5.91 Å². The minimum Gasteiger partial charge on any atom is -0.496 e. The van der Waals surface area contributed by atoms with E-state index in [-0.39, 0.29) is 12.0 Å². The molecule has 0 bridgehead atoms. The van der Waals surface area contributed by atoms with E-state index >= 15 is 0 Å². The van der Waals surface area contributed by atoms with E-state index in [1.165, 1.54) is 0 Å². The topological polar surface area (TPSA) is 51.7 Å². The molecule has 0 aliphatic carbocycles. The van der Waals surface area contributed by atoms with Crippen LogP contribution in [0, 0.1) is 6.92 Å². The summed E-state index contributed by atoms with van der Waals surface area (Å²) in [6.45, 7) is 3.81. The van der Waals surface area contributed by atoms with Crippen molar-refractivity contribution >= 4 is 17.2 Å². The van der Waals surface area contributed by atoms with Crippen molar-refractivity contribution < 1.29 is 14.3 Å². The lowest BCUT2D eigenvalue weighted by molar-refractivity contribution is 0.0504. The van der Waals surface area contributed by atoms with Crippen LogP contribution in [0.2, 0.25) is 0 Å². The van der Waals surface area contributed by atoms with Crippen LogP contribution in [0.15, 0.2) is 29.6 Å². The number of benzene rings is 1. The lowest BCUT2D eigenvalue weighted by atomic mass is 10.1. The average Bonchev–Trinajstić information content (AvgIpc) is 3.25. The van der Waals surface area contributed by atoms with Crippen LogP contribution >= 0.6 is 11.3 Å². The van der Waals surface area contributed by atoms with Gasteiger partial charge in [0, 0.05) is 24.2 Å². The molecule has 1 atom stereocenters. The van der Waals surface area contributed by atoms with Crippen molar-refractivity contribution in [2.24, 2.45) is 0 Å². The second-order valence-electron chi connectivity index (χ2n) is 5.90. The van der Waals surface area contributed by atoms with Gasteiger partial charge in [0.2, 0.25) is 0 Å². The molecule has 1 aliphatic rings. The van der Waals surface area contributed by atoms with Gasteiger partial charge < -0.3 is 14.4 Å². The molecule has 6 heteroatoms. The standard InChI is InChI=1S/C18H22N2O3S/c1-13-12-24-17(19-13)11-20(10-14-6-5-9-23-14)18(21)15-7-3-4-8-16(15)22-2/h3-4,7-8,12,14H,5-6,9-11H2,1-2H3/t14-/m1/s1. The second-order valence-corrected chi connectivity index (χ2v) is 6.85. The normalized spacial score (nSPS) is 17.0. The van der Waals surface area contributed by atoms with E-state index in [0.29, 0.717) is 24.4 Å². The summed E-state index contributed by atoms with van der Waals surface area (Å²) in [5.41, 5.74) is 1.56. The molecule has 24 heavy (non-hydrogen) atoms. The molecular formula is C18H22N2O3S. The number of hydrogen-bond donors (Lipinski definition) is 0. The number of aryl methyl sites for hydroxylation is 1. The first-order chi connectivity index (χ1) is 11.7. The first-order valence-corrected chi connectivity index (χ1v) is 9.00. The second kappa shape index (κ2) is 7.77. The number of amides is 1. The largest absolute Gasteiger partial charge is 0.496 e. The number of para-hydroxylation sites is 1. The van der Waals surface area contributed by atoms with Gasteiger partial charge in [0.1, 0.15) is 10.8 Å². The number of thiazole rings is 1. The van der Waals surface area contributed by atoms with Crippen molar-refractivity contribution in [3.8, 4) is 5.75 Å². The van der Waals surface area contributed by atoms with Gasteiger partial charge in [-0.25, -0.2) is 4.98 Å². The van der Waals surface area contributed by atoms with Crippen molar-refractivity contribution in [2.75, 3.05) is 20.3 Å². The lowest BCUT2D eigenvalue weighted by Gasteiger charge is -2.25. The van der Waals surface area contributed by atoms with Gasteiger partial charge in [-0.2, -0.15) is 0 Å². The van der Waals surface area contributed by atoms with Crippen molar-refractivity contribution in [3.63, 3.8) is 0 Å². The number of ether oxygens (including phenoxy) is 2. The maximum Gasteiger partial charge on any atom is 0.258 e. The molecule has 2 heterocycles. The number of hydrogen-bond acceptors (Lipinski definition) is 5. The lowest BCUT2D eigenvalue weighted by Crippen LogP contribution is -2.37. The van der Waals surface area contributed by atoms with Crippen LogP contribution in [0.25, 0.3) is 0 Å². The molecule has 0 saturated carbocycles. The Labute approximate surface area is 146 Å². The highest BCUT2D eigenvalue weighted by atomic mass is 32.1. The summed E-state index contributed by atoms with van der Waals surface area (Å²) >= 11 is 1.58. The van der Waals surface area contributed by atoms with Gasteiger partial charge in [0.15, 0.2) is 0 Å². The SMILES string of the molecule is COc1ccccc1C(=O)N(Cc1nc(C)cs1)C[C@H]1CCCO1. The molecular weight excluding hydrogens is 324 g/mol. The zero-order valence-electron chi connectivity index (χ0n) is 14.0. The third-order valence-electron chi connectivity index (χ3n) is 4.07. The van der Waals surface area contributed by atoms with Gasteiger partial charge in [-0.05, 0) is 31.9 Å². The van der Waals surface area contributed by atoms with Crippen LogP contribution in [-0.4, -0.2) is 42.2 Å². The van der Waals surface area contributed by atoms with E-state index in [2.05, 4.69) is 4.98 Å². The smallest absolute Gasteiger partial charge is 0.258 e. The quantitative estimate of drug-likeness (QED) is 0.805. The third kappa shape index (κ3) is 3.94. The molecule has 128 valence electrons. The van der Waals surface area contributed by atoms with Crippen LogP contribution in [0.1, 0.15) is 33.9 Å². The molecule has 1 aromatic carbocycles. The molecule has 1 amide bonds. The Morgan fingerprint density at radius 2 is 2.29 bits per heavy atom. The number of carbonyl (C=O) groups is 1. The first-order valence-electron chi connectivity index (χ1n) is 8.12. The van der Waals surface area contributed by atoms with Gasteiger partial charge in [-0.1, -0.05) is 12.1 Å². The Hall–Kier alpha value is -1.92. The van der Waals surface area contributed by atoms with Crippen LogP contribution in [0.4, 0.5) is 0 Å². The van der Waals surface area contributed by atoms with Crippen molar-refractivity contribution in [3.05, 3.63) is 45.9 Å². The summed E-state index contributed by atoms with van der Waals surface area (Å²) in [6, 6.07) is 7.33. The molecule has 5 nitrogen and oxygen atoms in total. The average molecular weight is 346 g/mol. The van der Waals surface area contributed by atoms with E-state index in [1.54, 1.807) is 24.5 Å². The molecule has 1 saturated heterocycles. The molecule has 0 radical (unpaired) electrons. The number of nitrogens with zero attached hydrogens (tertiary/aromatic N) is 2. The number of carbonyl (C=O) groups excluding carboxylic acids is 1. The van der Waals surface area contributed by atoms with Gasteiger partial charge in [-0.3, -0.25) is 4.79 Å². The fourth-order valence-electron chi connectivity index (χ4n) is 2.88. The molecule has 1 aliphatic heterocycles. The maximum absolute atomic E-state index is 13.1. The molecule has 2 aromatic rings. The van der Waals surface area contributed by atoms with Crippen molar-refractivity contribution in [1.29, 1.82) is 0 Å². The van der Waals surface area contributed by atoms with E-state index in [1.807, 2.05) is 35.4 Å². The minimum atomic E-state index is -0.0456. The van der Waals surface area contributed by atoms with Gasteiger partial charge >= 0.3 is 0 Å². The fourth-order valence-corrected chi connectivity index (χ4v) is 3.67. The van der Waals surface area contributed by atoms with Crippen molar-refractivity contribution in [1.82, 2.24) is 9.88 Å². The Morgan fingerprint density at radius 1 is 1.46 bits per heavy atom. The Balaban J connectivity index is 1.83. The summed E-state index contributed by atoms with van der Waals surface area (Å²) in [5, 5.41) is 2.95. The highest BCUT2D eigenvalue weighted by Crippen LogP contribution is 2.23. The zero-order valence-corrected chi connectivity index (χ0v) is 14.8. The predicted molar refractivity (Wildman–Crippen MR) is 93.6 cm³/mol. The summed E-state index contributed by atoms with van der Waals surface area (Å²) in [7, 11) is 1.58. The number of rotatable bonds is 6. The van der Waals surface area contributed by atoms with E-state index in [4.69, 9.17) is 9.47 Å². The zero-order chi connectivity index (χ0) is 16.9. The minimum absolute atomic E-state index is 0.0456. The Morgan fingerprint density at radius 3 is 2.96 bits per heavy atom. The molecule has 0 unspecified atom stereocenters. The highest BCUT2D eigenvalue weighted by Gasteiger charge is 2.26. The summed E-state index contributed by atoms with van der Waals surface area (Å²) in [4.78, 5) is 19.4. The Bertz CT molecular complexity index is 695. The third-order valence-corrected chi connectivity index (χ3v) is 5.02. The van der Waals surface area contributed by atoms with Crippen molar-refractivity contribution in [2.45, 2.75) is 32.4 Å². The summed E-state index contributed by atoms with van der Waals surface area (Å²) in [5.74, 6) is 0.547. The van der Waals surface area contributed by atoms with Gasteiger partial charge in [0.05, 0.1) is 25.3 Å². The number of methoxy groups -OCH3 is 1. The summed E-state index contributed by atoms with van der Waals surface area (Å²) in [6.07, 6.45) is 2.15. The molecule has 1 fully saturated rings. The van der Waals surface area contributed by atoms with E-state index in [0.717, 1.165) is 30.2 Å². The highest BCUT2D eigenvalue weighted by molar-refractivity contribution is 7.09. The van der Waals surface area contributed by atoms with E-state index < -0.39 is 0 Å². The summed E-state index contributed by atoms with van der Waals surface area (Å²) < 4.78 is 11.1. The van der Waals surface area contributed by atoms with Gasteiger partial charge in [-0.15, -0.1) is 11.3 Å². The molecule has 1 aromatic heterocycles. The molecule has 0 N–H and O–H groups in total. The first kappa shape index (κ1) is 16.9. The number of aromatic nitrogens is 1. The van der Waals surface area contributed by atoms with Crippen LogP contribution in [0.3, 0.4) is 0 Å². The van der Waals surface area contributed by atoms with E-state index in [9.17, 15) is 4.79 Å². The maximum atomic E-state index is 13.1. The Kier molecular flexibility index (Phi) is 5.48. The van der Waals surface area contributed by atoms with Crippen LogP contribution < -0.4 is 4.74 Å². The monoisotopic (exact) mass is 346 g/mol.